The molecule has 0 N–H and O–H groups in total. The first-order chi connectivity index (χ1) is 4.77. The van der Waals surface area contributed by atoms with Crippen LogP contribution in [-0.2, 0) is 0 Å². The van der Waals surface area contributed by atoms with E-state index in [0.717, 1.165) is 17.1 Å². The van der Waals surface area contributed by atoms with E-state index in [1.807, 2.05) is 10.8 Å². The largest absolute Gasteiger partial charge is 0.0852 e. The standard InChI is InChI=1S/C8H12S2/c1-5(2)7-3-6-4-8(6)10-9-7/h3,5-6,8H,4H2,1-2H3. The fourth-order valence-electron chi connectivity index (χ4n) is 1.12. The molecule has 2 aliphatic rings. The van der Waals surface area contributed by atoms with Crippen LogP contribution in [0.5, 0.6) is 0 Å². The van der Waals surface area contributed by atoms with Crippen molar-refractivity contribution in [3.05, 3.63) is 11.0 Å². The molecule has 0 saturated heterocycles. The van der Waals surface area contributed by atoms with E-state index in [2.05, 4.69) is 30.7 Å². The first-order valence-corrected chi connectivity index (χ1v) is 6.03. The van der Waals surface area contributed by atoms with Crippen LogP contribution in [0.25, 0.3) is 0 Å². The molecule has 1 fully saturated rings. The smallest absolute Gasteiger partial charge is 0.0224 e. The van der Waals surface area contributed by atoms with Gasteiger partial charge in [0.15, 0.2) is 0 Å². The van der Waals surface area contributed by atoms with Crippen molar-refractivity contribution in [1.82, 2.24) is 0 Å². The van der Waals surface area contributed by atoms with Crippen molar-refractivity contribution >= 4 is 21.6 Å². The summed E-state index contributed by atoms with van der Waals surface area (Å²) in [5, 5.41) is 0.979. The lowest BCUT2D eigenvalue weighted by Crippen LogP contribution is -1.93. The second kappa shape index (κ2) is 2.49. The van der Waals surface area contributed by atoms with Gasteiger partial charge in [-0.25, -0.2) is 0 Å². The molecule has 1 aliphatic heterocycles. The van der Waals surface area contributed by atoms with Crippen molar-refractivity contribution in [3.63, 3.8) is 0 Å². The first kappa shape index (κ1) is 7.11. The van der Waals surface area contributed by atoms with Crippen LogP contribution in [-0.4, -0.2) is 5.25 Å². The van der Waals surface area contributed by atoms with Crippen molar-refractivity contribution in [1.29, 1.82) is 0 Å². The molecule has 0 aromatic rings. The van der Waals surface area contributed by atoms with Gasteiger partial charge in [0, 0.05) is 5.25 Å². The first-order valence-electron chi connectivity index (χ1n) is 3.82. The van der Waals surface area contributed by atoms with E-state index in [1.165, 1.54) is 6.42 Å². The van der Waals surface area contributed by atoms with Gasteiger partial charge >= 0.3 is 0 Å². The van der Waals surface area contributed by atoms with E-state index in [-0.39, 0.29) is 0 Å². The van der Waals surface area contributed by atoms with Crippen LogP contribution in [0.4, 0.5) is 0 Å². The van der Waals surface area contributed by atoms with E-state index in [9.17, 15) is 0 Å². The van der Waals surface area contributed by atoms with Crippen LogP contribution in [0.15, 0.2) is 11.0 Å². The van der Waals surface area contributed by atoms with Gasteiger partial charge < -0.3 is 0 Å². The van der Waals surface area contributed by atoms with Gasteiger partial charge in [-0.05, 0) is 23.2 Å². The van der Waals surface area contributed by atoms with E-state index in [4.69, 9.17) is 0 Å². The number of allylic oxidation sites excluding steroid dienone is 2. The molecule has 0 spiro atoms. The minimum Gasteiger partial charge on any atom is -0.0852 e. The summed E-state index contributed by atoms with van der Waals surface area (Å²) in [6.07, 6.45) is 3.92. The fourth-order valence-corrected chi connectivity index (χ4v) is 4.41. The quantitative estimate of drug-likeness (QED) is 0.557. The van der Waals surface area contributed by atoms with Crippen molar-refractivity contribution < 1.29 is 0 Å². The van der Waals surface area contributed by atoms with Crippen LogP contribution in [0.1, 0.15) is 20.3 Å². The molecule has 0 aromatic carbocycles. The highest BCUT2D eigenvalue weighted by atomic mass is 33.1. The van der Waals surface area contributed by atoms with Crippen LogP contribution in [0, 0.1) is 11.8 Å². The summed E-state index contributed by atoms with van der Waals surface area (Å²) in [6.45, 7) is 4.56. The van der Waals surface area contributed by atoms with Crippen LogP contribution < -0.4 is 0 Å². The summed E-state index contributed by atoms with van der Waals surface area (Å²) in [4.78, 5) is 1.60. The van der Waals surface area contributed by atoms with Crippen LogP contribution in [0.3, 0.4) is 0 Å². The molecule has 2 unspecified atom stereocenters. The van der Waals surface area contributed by atoms with Gasteiger partial charge in [-0.2, -0.15) is 0 Å². The Kier molecular flexibility index (Phi) is 1.77. The van der Waals surface area contributed by atoms with Gasteiger partial charge in [0.25, 0.3) is 0 Å². The number of rotatable bonds is 1. The predicted octanol–water partition coefficient (Wildman–Crippen LogP) is 3.31. The maximum atomic E-state index is 2.48. The lowest BCUT2D eigenvalue weighted by Gasteiger charge is -2.13. The third-order valence-corrected chi connectivity index (χ3v) is 5.29. The third kappa shape index (κ3) is 1.24. The zero-order valence-corrected chi connectivity index (χ0v) is 7.97. The zero-order chi connectivity index (χ0) is 7.14. The van der Waals surface area contributed by atoms with Crippen molar-refractivity contribution in [2.75, 3.05) is 0 Å². The average molecular weight is 172 g/mol. The molecule has 2 rings (SSSR count). The summed E-state index contributed by atoms with van der Waals surface area (Å²) in [5.41, 5.74) is 0. The Balaban J connectivity index is 2.07. The highest BCUT2D eigenvalue weighted by molar-refractivity contribution is 8.78. The second-order valence-corrected chi connectivity index (χ2v) is 5.85. The van der Waals surface area contributed by atoms with Gasteiger partial charge in [-0.3, -0.25) is 0 Å². The Morgan fingerprint density at radius 3 is 3.00 bits per heavy atom. The molecule has 1 aliphatic carbocycles. The Morgan fingerprint density at radius 2 is 2.40 bits per heavy atom. The molecule has 1 heterocycles. The van der Waals surface area contributed by atoms with Gasteiger partial charge in [-0.15, -0.1) is 0 Å². The Bertz CT molecular complexity index is 172. The molecule has 0 bridgehead atoms. The molecular weight excluding hydrogens is 160 g/mol. The van der Waals surface area contributed by atoms with Crippen molar-refractivity contribution in [2.24, 2.45) is 11.8 Å². The summed E-state index contributed by atoms with van der Waals surface area (Å²) < 4.78 is 0. The second-order valence-electron chi connectivity index (χ2n) is 3.34. The van der Waals surface area contributed by atoms with E-state index in [0.29, 0.717) is 0 Å². The molecule has 56 valence electrons. The maximum absolute atomic E-state index is 2.48. The fraction of sp³-hybridized carbons (Fsp3) is 0.750. The number of fused-ring (bicyclic) bond motifs is 1. The summed E-state index contributed by atoms with van der Waals surface area (Å²) in [5.74, 6) is 1.70. The lowest BCUT2D eigenvalue weighted by atomic mass is 10.2. The molecule has 10 heavy (non-hydrogen) atoms. The normalized spacial score (nSPS) is 37.3. The SMILES string of the molecule is CC(C)C1=CC2CC2SS1. The molecule has 0 nitrogen and oxygen atoms in total. The molecule has 2 heteroatoms. The highest BCUT2D eigenvalue weighted by Crippen LogP contribution is 2.56. The maximum Gasteiger partial charge on any atom is 0.0224 e. The minimum absolute atomic E-state index is 0.749. The molecule has 0 aromatic heterocycles. The molecular formula is C8H12S2. The molecule has 0 amide bonds. The zero-order valence-electron chi connectivity index (χ0n) is 6.33. The van der Waals surface area contributed by atoms with E-state index in [1.54, 1.807) is 4.91 Å². The van der Waals surface area contributed by atoms with Crippen molar-refractivity contribution in [2.45, 2.75) is 25.5 Å². The monoisotopic (exact) mass is 172 g/mol. The summed E-state index contributed by atoms with van der Waals surface area (Å²) >= 11 is 0. The van der Waals surface area contributed by atoms with Crippen LogP contribution in [0.2, 0.25) is 0 Å². The van der Waals surface area contributed by atoms with Gasteiger partial charge in [0.1, 0.15) is 0 Å². The minimum atomic E-state index is 0.749. The Morgan fingerprint density at radius 1 is 1.60 bits per heavy atom. The summed E-state index contributed by atoms with van der Waals surface area (Å²) in [7, 11) is 4.08. The predicted molar refractivity (Wildman–Crippen MR) is 50.0 cm³/mol. The highest BCUT2D eigenvalue weighted by Gasteiger charge is 2.39. The number of hydrogen-bond acceptors (Lipinski definition) is 2. The number of hydrogen-bond donors (Lipinski definition) is 0. The Labute approximate surface area is 70.2 Å². The topological polar surface area (TPSA) is 0 Å². The third-order valence-electron chi connectivity index (χ3n) is 1.99. The van der Waals surface area contributed by atoms with Crippen molar-refractivity contribution in [3.8, 4) is 0 Å². The van der Waals surface area contributed by atoms with Gasteiger partial charge in [0.2, 0.25) is 0 Å². The van der Waals surface area contributed by atoms with Gasteiger partial charge in [0.05, 0.1) is 0 Å². The molecule has 2 atom stereocenters. The summed E-state index contributed by atoms with van der Waals surface area (Å²) in [6, 6.07) is 0. The van der Waals surface area contributed by atoms with E-state index < -0.39 is 0 Å². The Hall–Kier alpha value is 0.440. The van der Waals surface area contributed by atoms with E-state index >= 15 is 0 Å². The van der Waals surface area contributed by atoms with Crippen LogP contribution >= 0.6 is 21.6 Å². The van der Waals surface area contributed by atoms with Gasteiger partial charge in [-0.1, -0.05) is 41.5 Å². The molecule has 1 saturated carbocycles. The lowest BCUT2D eigenvalue weighted by molar-refractivity contribution is 0.807. The average Bonchev–Trinajstić information content (AvgIpc) is 2.63. The molecule has 0 radical (unpaired) electrons.